The lowest BCUT2D eigenvalue weighted by Gasteiger charge is -2.12. The molecule has 1 aromatic carbocycles. The molecule has 1 aromatic rings. The lowest BCUT2D eigenvalue weighted by atomic mass is 10.1. The summed E-state index contributed by atoms with van der Waals surface area (Å²) in [4.78, 5) is 11.6. The molecular formula is C13H19NO2. The van der Waals surface area contributed by atoms with Gasteiger partial charge >= 0.3 is 5.97 Å². The number of hydrogen-bond acceptors (Lipinski definition) is 3. The van der Waals surface area contributed by atoms with Gasteiger partial charge in [0.25, 0.3) is 0 Å². The Hall–Kier alpha value is -1.35. The first-order chi connectivity index (χ1) is 7.61. The maximum Gasteiger partial charge on any atom is 0.327 e. The van der Waals surface area contributed by atoms with Crippen molar-refractivity contribution in [3.8, 4) is 0 Å². The minimum Gasteiger partial charge on any atom is -0.464 e. The lowest BCUT2D eigenvalue weighted by molar-refractivity contribution is -0.145. The molecule has 0 saturated heterocycles. The van der Waals surface area contributed by atoms with Crippen molar-refractivity contribution in [2.75, 3.05) is 6.61 Å². The molecule has 0 aliphatic rings. The van der Waals surface area contributed by atoms with Gasteiger partial charge in [-0.05, 0) is 17.9 Å². The molecule has 1 rings (SSSR count). The van der Waals surface area contributed by atoms with E-state index in [1.807, 2.05) is 30.3 Å². The van der Waals surface area contributed by atoms with E-state index in [2.05, 4.69) is 13.8 Å². The molecule has 0 radical (unpaired) electrons. The van der Waals surface area contributed by atoms with E-state index in [0.717, 1.165) is 12.0 Å². The molecule has 3 heteroatoms. The number of nitrogens with two attached hydrogens (primary N) is 1. The average Bonchev–Trinajstić information content (AvgIpc) is 2.28. The molecule has 0 heterocycles. The Morgan fingerprint density at radius 1 is 1.31 bits per heavy atom. The summed E-state index contributed by atoms with van der Waals surface area (Å²) >= 11 is 0. The standard InChI is InChI=1S/C13H19NO2/c1-10(2)8-9-16-13(15)12(14)11-6-4-3-5-7-11/h3-7,10,12H,8-9,14H2,1-2H3. The van der Waals surface area contributed by atoms with Crippen molar-refractivity contribution < 1.29 is 9.53 Å². The fourth-order valence-electron chi connectivity index (χ4n) is 1.28. The smallest absolute Gasteiger partial charge is 0.327 e. The number of carbonyl (C=O) groups is 1. The zero-order chi connectivity index (χ0) is 12.0. The van der Waals surface area contributed by atoms with Crippen LogP contribution in [0.5, 0.6) is 0 Å². The van der Waals surface area contributed by atoms with E-state index in [9.17, 15) is 4.79 Å². The van der Waals surface area contributed by atoms with Crippen LogP contribution in [0.25, 0.3) is 0 Å². The van der Waals surface area contributed by atoms with Gasteiger partial charge in [0, 0.05) is 0 Å². The van der Waals surface area contributed by atoms with Crippen LogP contribution in [-0.2, 0) is 9.53 Å². The van der Waals surface area contributed by atoms with Crippen molar-refractivity contribution >= 4 is 5.97 Å². The average molecular weight is 221 g/mol. The number of ether oxygens (including phenoxy) is 1. The first-order valence-electron chi connectivity index (χ1n) is 5.58. The van der Waals surface area contributed by atoms with Crippen LogP contribution in [0, 0.1) is 5.92 Å². The van der Waals surface area contributed by atoms with Crippen LogP contribution >= 0.6 is 0 Å². The molecule has 0 aromatic heterocycles. The van der Waals surface area contributed by atoms with Crippen molar-refractivity contribution in [1.29, 1.82) is 0 Å². The van der Waals surface area contributed by atoms with Gasteiger partial charge in [0.1, 0.15) is 6.04 Å². The molecule has 0 saturated carbocycles. The quantitative estimate of drug-likeness (QED) is 0.776. The Bertz CT molecular complexity index is 322. The first kappa shape index (κ1) is 12.7. The molecule has 2 N–H and O–H groups in total. The minimum atomic E-state index is -0.673. The van der Waals surface area contributed by atoms with Crippen molar-refractivity contribution in [1.82, 2.24) is 0 Å². The topological polar surface area (TPSA) is 52.3 Å². The normalized spacial score (nSPS) is 12.5. The fourth-order valence-corrected chi connectivity index (χ4v) is 1.28. The SMILES string of the molecule is CC(C)CCOC(=O)C(N)c1ccccc1. The summed E-state index contributed by atoms with van der Waals surface area (Å²) in [6, 6.07) is 8.59. The second kappa shape index (κ2) is 6.28. The van der Waals surface area contributed by atoms with Crippen molar-refractivity contribution in [2.45, 2.75) is 26.3 Å². The summed E-state index contributed by atoms with van der Waals surface area (Å²) in [6.45, 7) is 4.62. The van der Waals surface area contributed by atoms with Crippen LogP contribution in [0.1, 0.15) is 31.9 Å². The number of carbonyl (C=O) groups excluding carboxylic acids is 1. The Balaban J connectivity index is 2.43. The first-order valence-corrected chi connectivity index (χ1v) is 5.58. The Kier molecular flexibility index (Phi) is 4.99. The summed E-state index contributed by atoms with van der Waals surface area (Å²) in [5, 5.41) is 0. The molecule has 1 unspecified atom stereocenters. The largest absolute Gasteiger partial charge is 0.464 e. The highest BCUT2D eigenvalue weighted by Crippen LogP contribution is 2.11. The zero-order valence-electron chi connectivity index (χ0n) is 9.85. The summed E-state index contributed by atoms with van der Waals surface area (Å²) < 4.78 is 5.11. The molecular weight excluding hydrogens is 202 g/mol. The third-order valence-electron chi connectivity index (χ3n) is 2.35. The number of esters is 1. The monoisotopic (exact) mass is 221 g/mol. The predicted octanol–water partition coefficient (Wildman–Crippen LogP) is 2.28. The third-order valence-corrected chi connectivity index (χ3v) is 2.35. The summed E-state index contributed by atoms with van der Waals surface area (Å²) in [5.74, 6) is 0.174. The molecule has 0 bridgehead atoms. The molecule has 0 aliphatic heterocycles. The highest BCUT2D eigenvalue weighted by molar-refractivity contribution is 5.77. The van der Waals surface area contributed by atoms with E-state index in [4.69, 9.17) is 10.5 Å². The van der Waals surface area contributed by atoms with Gasteiger partial charge < -0.3 is 10.5 Å². The van der Waals surface area contributed by atoms with Crippen LogP contribution in [0.4, 0.5) is 0 Å². The highest BCUT2D eigenvalue weighted by atomic mass is 16.5. The molecule has 88 valence electrons. The van der Waals surface area contributed by atoms with Gasteiger partial charge in [-0.3, -0.25) is 0 Å². The minimum absolute atomic E-state index is 0.355. The van der Waals surface area contributed by atoms with Gasteiger partial charge in [-0.25, -0.2) is 4.79 Å². The molecule has 0 aliphatic carbocycles. The molecule has 0 amide bonds. The van der Waals surface area contributed by atoms with Gasteiger partial charge in [-0.2, -0.15) is 0 Å². The summed E-state index contributed by atoms with van der Waals surface area (Å²) in [6.07, 6.45) is 0.868. The Morgan fingerprint density at radius 3 is 2.50 bits per heavy atom. The summed E-state index contributed by atoms with van der Waals surface area (Å²) in [7, 11) is 0. The van der Waals surface area contributed by atoms with Gasteiger partial charge in [0.2, 0.25) is 0 Å². The predicted molar refractivity (Wildman–Crippen MR) is 63.8 cm³/mol. The van der Waals surface area contributed by atoms with E-state index in [0.29, 0.717) is 12.5 Å². The zero-order valence-corrected chi connectivity index (χ0v) is 9.85. The number of benzene rings is 1. The maximum absolute atomic E-state index is 11.6. The third kappa shape index (κ3) is 4.03. The number of rotatable bonds is 5. The molecule has 1 atom stereocenters. The molecule has 16 heavy (non-hydrogen) atoms. The van der Waals surface area contributed by atoms with Crippen LogP contribution in [-0.4, -0.2) is 12.6 Å². The van der Waals surface area contributed by atoms with Gasteiger partial charge in [-0.15, -0.1) is 0 Å². The van der Waals surface area contributed by atoms with E-state index in [-0.39, 0.29) is 5.97 Å². The van der Waals surface area contributed by atoms with Crippen LogP contribution in [0.15, 0.2) is 30.3 Å². The highest BCUT2D eigenvalue weighted by Gasteiger charge is 2.16. The Labute approximate surface area is 96.6 Å². The van der Waals surface area contributed by atoms with Crippen molar-refractivity contribution in [3.05, 3.63) is 35.9 Å². The summed E-state index contributed by atoms with van der Waals surface area (Å²) in [5.41, 5.74) is 6.57. The van der Waals surface area contributed by atoms with Crippen LogP contribution in [0.2, 0.25) is 0 Å². The van der Waals surface area contributed by atoms with Crippen molar-refractivity contribution in [2.24, 2.45) is 11.7 Å². The van der Waals surface area contributed by atoms with Crippen LogP contribution in [0.3, 0.4) is 0 Å². The van der Waals surface area contributed by atoms with Crippen LogP contribution < -0.4 is 5.73 Å². The van der Waals surface area contributed by atoms with E-state index >= 15 is 0 Å². The second-order valence-corrected chi connectivity index (χ2v) is 4.24. The maximum atomic E-state index is 11.6. The van der Waals surface area contributed by atoms with Gasteiger partial charge in [0.05, 0.1) is 6.61 Å². The van der Waals surface area contributed by atoms with Gasteiger partial charge in [-0.1, -0.05) is 44.2 Å². The van der Waals surface area contributed by atoms with E-state index < -0.39 is 6.04 Å². The second-order valence-electron chi connectivity index (χ2n) is 4.24. The van der Waals surface area contributed by atoms with Gasteiger partial charge in [0.15, 0.2) is 0 Å². The molecule has 3 nitrogen and oxygen atoms in total. The number of hydrogen-bond donors (Lipinski definition) is 1. The van der Waals surface area contributed by atoms with E-state index in [1.54, 1.807) is 0 Å². The fraction of sp³-hybridized carbons (Fsp3) is 0.462. The Morgan fingerprint density at radius 2 is 1.94 bits per heavy atom. The molecule has 0 fully saturated rings. The van der Waals surface area contributed by atoms with Crippen molar-refractivity contribution in [3.63, 3.8) is 0 Å². The lowest BCUT2D eigenvalue weighted by Crippen LogP contribution is -2.24. The molecule has 0 spiro atoms. The van der Waals surface area contributed by atoms with E-state index in [1.165, 1.54) is 0 Å².